The first-order chi connectivity index (χ1) is 9.80. The van der Waals surface area contributed by atoms with Gasteiger partial charge in [-0.2, -0.15) is 5.26 Å². The summed E-state index contributed by atoms with van der Waals surface area (Å²) in [4.78, 5) is 4.51. The van der Waals surface area contributed by atoms with E-state index in [1.54, 1.807) is 30.6 Å². The fourth-order valence-electron chi connectivity index (χ4n) is 1.90. The van der Waals surface area contributed by atoms with Gasteiger partial charge >= 0.3 is 0 Å². The number of aromatic nitrogens is 1. The molecule has 1 aromatic heterocycles. The number of nitriles is 1. The number of rotatable bonds is 3. The number of hydrogen-bond donors (Lipinski definition) is 1. The Kier molecular flexibility index (Phi) is 3.23. The molecule has 0 aliphatic carbocycles. The van der Waals surface area contributed by atoms with Crippen LogP contribution in [0.3, 0.4) is 0 Å². The van der Waals surface area contributed by atoms with Gasteiger partial charge in [-0.25, -0.2) is 4.98 Å². The standard InChI is InChI=1S/C15H11N3OS/c1-19-13-8-10(9-16)6-7-11(13)17-15-18-12-4-2-3-5-14(12)20-15/h2-8H,1H3,(H,17,18). The van der Waals surface area contributed by atoms with E-state index >= 15 is 0 Å². The molecule has 2 aromatic carbocycles. The molecule has 0 saturated heterocycles. The van der Waals surface area contributed by atoms with Crippen molar-refractivity contribution in [3.05, 3.63) is 48.0 Å². The molecule has 1 N–H and O–H groups in total. The van der Waals surface area contributed by atoms with Crippen LogP contribution in [0.1, 0.15) is 5.56 Å². The van der Waals surface area contributed by atoms with Crippen molar-refractivity contribution >= 4 is 32.4 Å². The van der Waals surface area contributed by atoms with E-state index in [9.17, 15) is 0 Å². The molecule has 0 atom stereocenters. The van der Waals surface area contributed by atoms with E-state index < -0.39 is 0 Å². The molecule has 0 radical (unpaired) electrons. The third-order valence-electron chi connectivity index (χ3n) is 2.87. The highest BCUT2D eigenvalue weighted by molar-refractivity contribution is 7.22. The van der Waals surface area contributed by atoms with E-state index in [1.165, 1.54) is 0 Å². The van der Waals surface area contributed by atoms with Gasteiger partial charge in [0.25, 0.3) is 0 Å². The number of benzene rings is 2. The molecule has 4 nitrogen and oxygen atoms in total. The van der Waals surface area contributed by atoms with Gasteiger partial charge in [-0.3, -0.25) is 0 Å². The van der Waals surface area contributed by atoms with Gasteiger partial charge in [0, 0.05) is 6.07 Å². The number of para-hydroxylation sites is 1. The van der Waals surface area contributed by atoms with E-state index in [4.69, 9.17) is 10.00 Å². The fourth-order valence-corrected chi connectivity index (χ4v) is 2.78. The van der Waals surface area contributed by atoms with Crippen LogP contribution < -0.4 is 10.1 Å². The van der Waals surface area contributed by atoms with Crippen molar-refractivity contribution in [3.63, 3.8) is 0 Å². The van der Waals surface area contributed by atoms with Crippen molar-refractivity contribution in [1.82, 2.24) is 4.98 Å². The maximum Gasteiger partial charge on any atom is 0.188 e. The van der Waals surface area contributed by atoms with Crippen LogP contribution in [-0.4, -0.2) is 12.1 Å². The van der Waals surface area contributed by atoms with E-state index in [1.807, 2.05) is 30.3 Å². The van der Waals surface area contributed by atoms with E-state index in [-0.39, 0.29) is 0 Å². The number of hydrogen-bond acceptors (Lipinski definition) is 5. The van der Waals surface area contributed by atoms with Crippen molar-refractivity contribution in [2.24, 2.45) is 0 Å². The maximum absolute atomic E-state index is 8.90. The summed E-state index contributed by atoms with van der Waals surface area (Å²) >= 11 is 1.58. The summed E-state index contributed by atoms with van der Waals surface area (Å²) in [5.41, 5.74) is 2.33. The number of thiazole rings is 1. The number of ether oxygens (including phenoxy) is 1. The van der Waals surface area contributed by atoms with Gasteiger partial charge in [-0.1, -0.05) is 23.5 Å². The Morgan fingerprint density at radius 2 is 2.10 bits per heavy atom. The summed E-state index contributed by atoms with van der Waals surface area (Å²) in [6.07, 6.45) is 0. The van der Waals surface area contributed by atoms with Crippen molar-refractivity contribution in [2.75, 3.05) is 12.4 Å². The first kappa shape index (κ1) is 12.5. The number of nitrogens with zero attached hydrogens (tertiary/aromatic N) is 2. The molecule has 0 bridgehead atoms. The number of fused-ring (bicyclic) bond motifs is 1. The zero-order valence-electron chi connectivity index (χ0n) is 10.8. The average molecular weight is 281 g/mol. The number of anilines is 2. The molecule has 0 aliphatic rings. The second-order valence-electron chi connectivity index (χ2n) is 4.14. The predicted octanol–water partition coefficient (Wildman–Crippen LogP) is 3.92. The second-order valence-corrected chi connectivity index (χ2v) is 5.17. The molecule has 20 heavy (non-hydrogen) atoms. The summed E-state index contributed by atoms with van der Waals surface area (Å²) in [6.45, 7) is 0. The van der Waals surface area contributed by atoms with Crippen molar-refractivity contribution in [2.45, 2.75) is 0 Å². The van der Waals surface area contributed by atoms with Crippen LogP contribution in [0.15, 0.2) is 42.5 Å². The molecule has 0 amide bonds. The van der Waals surface area contributed by atoms with Crippen molar-refractivity contribution in [1.29, 1.82) is 5.26 Å². The molecule has 5 heteroatoms. The van der Waals surface area contributed by atoms with E-state index in [2.05, 4.69) is 16.4 Å². The summed E-state index contributed by atoms with van der Waals surface area (Å²) in [5.74, 6) is 0.628. The molecule has 98 valence electrons. The highest BCUT2D eigenvalue weighted by Gasteiger charge is 2.08. The zero-order valence-corrected chi connectivity index (χ0v) is 11.6. The van der Waals surface area contributed by atoms with E-state index in [0.29, 0.717) is 11.3 Å². The van der Waals surface area contributed by atoms with Crippen LogP contribution in [0.4, 0.5) is 10.8 Å². The lowest BCUT2D eigenvalue weighted by molar-refractivity contribution is 0.416. The quantitative estimate of drug-likeness (QED) is 0.790. The van der Waals surface area contributed by atoms with Crippen LogP contribution >= 0.6 is 11.3 Å². The summed E-state index contributed by atoms with van der Waals surface area (Å²) in [5, 5.41) is 12.9. The smallest absolute Gasteiger partial charge is 0.188 e. The Balaban J connectivity index is 1.96. The van der Waals surface area contributed by atoms with Gasteiger partial charge in [0.1, 0.15) is 5.75 Å². The predicted molar refractivity (Wildman–Crippen MR) is 80.6 cm³/mol. The van der Waals surface area contributed by atoms with Gasteiger partial charge in [0.2, 0.25) is 0 Å². The first-order valence-corrected chi connectivity index (χ1v) is 6.82. The van der Waals surface area contributed by atoms with Crippen LogP contribution in [0.25, 0.3) is 10.2 Å². The molecular formula is C15H11N3OS. The molecular weight excluding hydrogens is 270 g/mol. The van der Waals surface area contributed by atoms with Crippen molar-refractivity contribution < 1.29 is 4.74 Å². The van der Waals surface area contributed by atoms with Crippen LogP contribution in [0, 0.1) is 11.3 Å². The van der Waals surface area contributed by atoms with Gasteiger partial charge < -0.3 is 10.1 Å². The van der Waals surface area contributed by atoms with Crippen LogP contribution in [0.5, 0.6) is 5.75 Å². The Morgan fingerprint density at radius 3 is 2.85 bits per heavy atom. The summed E-state index contributed by atoms with van der Waals surface area (Å²) in [7, 11) is 1.58. The Bertz CT molecular complexity index is 771. The van der Waals surface area contributed by atoms with Crippen LogP contribution in [-0.2, 0) is 0 Å². The molecule has 1 heterocycles. The fraction of sp³-hybridized carbons (Fsp3) is 0.0667. The minimum Gasteiger partial charge on any atom is -0.495 e. The van der Waals surface area contributed by atoms with Crippen LogP contribution in [0.2, 0.25) is 0 Å². The average Bonchev–Trinajstić information content (AvgIpc) is 2.90. The highest BCUT2D eigenvalue weighted by atomic mass is 32.1. The topological polar surface area (TPSA) is 57.9 Å². The third kappa shape index (κ3) is 2.29. The monoisotopic (exact) mass is 281 g/mol. The van der Waals surface area contributed by atoms with Gasteiger partial charge in [0.05, 0.1) is 34.6 Å². The second kappa shape index (κ2) is 5.19. The van der Waals surface area contributed by atoms with Crippen molar-refractivity contribution in [3.8, 4) is 11.8 Å². The number of nitrogens with one attached hydrogen (secondary N) is 1. The van der Waals surface area contributed by atoms with Gasteiger partial charge in [0.15, 0.2) is 5.13 Å². The Morgan fingerprint density at radius 1 is 1.25 bits per heavy atom. The summed E-state index contributed by atoms with van der Waals surface area (Å²) < 4.78 is 6.42. The summed E-state index contributed by atoms with van der Waals surface area (Å²) in [6, 6.07) is 15.3. The Hall–Kier alpha value is -2.58. The maximum atomic E-state index is 8.90. The largest absolute Gasteiger partial charge is 0.495 e. The molecule has 0 saturated carbocycles. The molecule has 0 spiro atoms. The lowest BCUT2D eigenvalue weighted by Crippen LogP contribution is -1.94. The highest BCUT2D eigenvalue weighted by Crippen LogP contribution is 2.32. The third-order valence-corrected chi connectivity index (χ3v) is 3.82. The first-order valence-electron chi connectivity index (χ1n) is 6.01. The Labute approximate surface area is 120 Å². The molecule has 0 aliphatic heterocycles. The molecule has 3 rings (SSSR count). The number of methoxy groups -OCH3 is 1. The molecule has 0 fully saturated rings. The molecule has 3 aromatic rings. The lowest BCUT2D eigenvalue weighted by Gasteiger charge is -2.08. The normalized spacial score (nSPS) is 10.2. The van der Waals surface area contributed by atoms with Gasteiger partial charge in [-0.15, -0.1) is 0 Å². The minimum atomic E-state index is 0.566. The molecule has 0 unspecified atom stereocenters. The lowest BCUT2D eigenvalue weighted by atomic mass is 10.2. The SMILES string of the molecule is COc1cc(C#N)ccc1Nc1nc2ccccc2s1. The van der Waals surface area contributed by atoms with Gasteiger partial charge in [-0.05, 0) is 24.3 Å². The van der Waals surface area contributed by atoms with E-state index in [0.717, 1.165) is 21.0 Å². The zero-order chi connectivity index (χ0) is 13.9. The minimum absolute atomic E-state index is 0.566.